The Balaban J connectivity index is 0.00000338. The molecule has 0 saturated carbocycles. The third-order valence-electron chi connectivity index (χ3n) is 4.45. The van der Waals surface area contributed by atoms with Crippen molar-refractivity contribution < 1.29 is 4.79 Å². The Morgan fingerprint density at radius 1 is 1.15 bits per heavy atom. The van der Waals surface area contributed by atoms with E-state index in [9.17, 15) is 4.79 Å². The first-order valence-corrected chi connectivity index (χ1v) is 9.34. The molecule has 1 saturated heterocycles. The fourth-order valence-electron chi connectivity index (χ4n) is 3.11. The average Bonchev–Trinajstić information content (AvgIpc) is 3.11. The molecule has 1 atom stereocenters. The molecule has 1 fully saturated rings. The van der Waals surface area contributed by atoms with Gasteiger partial charge in [-0.25, -0.2) is 0 Å². The quantitative estimate of drug-likeness (QED) is 0.234. The summed E-state index contributed by atoms with van der Waals surface area (Å²) in [7, 11) is 0. The predicted molar refractivity (Wildman–Crippen MR) is 118 cm³/mol. The van der Waals surface area contributed by atoms with Gasteiger partial charge in [0.1, 0.15) is 0 Å². The summed E-state index contributed by atoms with van der Waals surface area (Å²) in [6, 6.07) is 9.82. The number of aliphatic imine (C=N–C) groups is 1. The minimum absolute atomic E-state index is 0. The lowest BCUT2D eigenvalue weighted by Gasteiger charge is -2.21. The van der Waals surface area contributed by atoms with E-state index in [2.05, 4.69) is 34.7 Å². The van der Waals surface area contributed by atoms with E-state index in [1.54, 1.807) is 0 Å². The van der Waals surface area contributed by atoms with Gasteiger partial charge in [0.05, 0.1) is 6.54 Å². The Labute approximate surface area is 174 Å². The first-order chi connectivity index (χ1) is 12.2. The summed E-state index contributed by atoms with van der Waals surface area (Å²) < 4.78 is 0. The van der Waals surface area contributed by atoms with Crippen molar-refractivity contribution in [3.05, 3.63) is 35.9 Å². The van der Waals surface area contributed by atoms with Crippen molar-refractivity contribution in [1.82, 2.24) is 20.9 Å². The Morgan fingerprint density at radius 2 is 1.88 bits per heavy atom. The minimum atomic E-state index is -0.0473. The molecular weight excluding hydrogens is 441 g/mol. The number of nitrogens with zero attached hydrogens (tertiary/aromatic N) is 2. The summed E-state index contributed by atoms with van der Waals surface area (Å²) in [5.41, 5.74) is 0.684. The van der Waals surface area contributed by atoms with Crippen molar-refractivity contribution in [3.8, 4) is 0 Å². The number of hydrogen-bond acceptors (Lipinski definition) is 3. The van der Waals surface area contributed by atoms with E-state index < -0.39 is 0 Å². The summed E-state index contributed by atoms with van der Waals surface area (Å²) in [5.74, 6) is 0.772. The second-order valence-corrected chi connectivity index (χ2v) is 6.19. The summed E-state index contributed by atoms with van der Waals surface area (Å²) in [6.07, 6.45) is 2.49. The van der Waals surface area contributed by atoms with Crippen molar-refractivity contribution in [3.63, 3.8) is 0 Å². The molecule has 2 rings (SSSR count). The zero-order valence-electron chi connectivity index (χ0n) is 15.8. The number of nitrogens with one attached hydrogen (secondary N) is 3. The highest BCUT2D eigenvalue weighted by Crippen LogP contribution is 2.16. The zero-order valence-corrected chi connectivity index (χ0v) is 18.2. The van der Waals surface area contributed by atoms with E-state index in [4.69, 9.17) is 4.99 Å². The number of likely N-dealkylation sites (tertiary alicyclic amines) is 1. The van der Waals surface area contributed by atoms with Crippen LogP contribution in [-0.4, -0.2) is 62.1 Å². The van der Waals surface area contributed by atoms with E-state index in [-0.39, 0.29) is 29.9 Å². The number of amides is 1. The highest BCUT2D eigenvalue weighted by Gasteiger charge is 2.22. The summed E-state index contributed by atoms with van der Waals surface area (Å²) >= 11 is 0. The molecule has 7 heteroatoms. The van der Waals surface area contributed by atoms with Crippen molar-refractivity contribution in [1.29, 1.82) is 0 Å². The Bertz CT molecular complexity index is 552. The third-order valence-corrected chi connectivity index (χ3v) is 4.45. The largest absolute Gasteiger partial charge is 0.357 e. The van der Waals surface area contributed by atoms with E-state index in [1.165, 1.54) is 19.4 Å². The molecule has 26 heavy (non-hydrogen) atoms. The van der Waals surface area contributed by atoms with Gasteiger partial charge in [-0.05, 0) is 45.0 Å². The summed E-state index contributed by atoms with van der Waals surface area (Å²) in [4.78, 5) is 19.2. The van der Waals surface area contributed by atoms with Crippen molar-refractivity contribution in [2.45, 2.75) is 32.7 Å². The fourth-order valence-corrected chi connectivity index (χ4v) is 3.11. The van der Waals surface area contributed by atoms with Gasteiger partial charge in [0.25, 0.3) is 5.91 Å². The molecular formula is C19H32IN5O. The van der Waals surface area contributed by atoms with Gasteiger partial charge < -0.3 is 16.0 Å². The van der Waals surface area contributed by atoms with Crippen LogP contribution >= 0.6 is 24.0 Å². The molecule has 0 aromatic heterocycles. The predicted octanol–water partition coefficient (Wildman–Crippen LogP) is 2.07. The van der Waals surface area contributed by atoms with E-state index >= 15 is 0 Å². The van der Waals surface area contributed by atoms with Crippen LogP contribution in [0.2, 0.25) is 0 Å². The molecule has 0 aliphatic carbocycles. The maximum atomic E-state index is 12.0. The minimum Gasteiger partial charge on any atom is -0.357 e. The number of likely N-dealkylation sites (N-methyl/N-ethyl adjacent to an activating group) is 1. The third kappa shape index (κ3) is 7.49. The van der Waals surface area contributed by atoms with Crippen LogP contribution in [0.3, 0.4) is 0 Å². The average molecular weight is 473 g/mol. The normalized spacial score (nSPS) is 17.5. The highest BCUT2D eigenvalue weighted by atomic mass is 127. The van der Waals surface area contributed by atoms with Crippen LogP contribution in [0.15, 0.2) is 35.3 Å². The van der Waals surface area contributed by atoms with Gasteiger partial charge in [-0.1, -0.05) is 25.1 Å². The van der Waals surface area contributed by atoms with Crippen molar-refractivity contribution in [2.24, 2.45) is 4.99 Å². The molecule has 1 aromatic carbocycles. The standard InChI is InChI=1S/C19H31N5O.HI/c1-3-20-19(23-15-17-11-8-14-24(17)4-2)22-13-12-21-18(25)16-9-6-5-7-10-16;/h5-7,9-10,17H,3-4,8,11-15H2,1-2H3,(H,21,25)(H2,20,22,23);1H. The highest BCUT2D eigenvalue weighted by molar-refractivity contribution is 14.0. The van der Waals surface area contributed by atoms with Crippen molar-refractivity contribution in [2.75, 3.05) is 39.3 Å². The zero-order chi connectivity index (χ0) is 17.9. The number of halogens is 1. The Kier molecular flexibility index (Phi) is 11.3. The van der Waals surface area contributed by atoms with Gasteiger partial charge >= 0.3 is 0 Å². The van der Waals surface area contributed by atoms with Crippen LogP contribution in [0.1, 0.15) is 37.0 Å². The second-order valence-electron chi connectivity index (χ2n) is 6.19. The van der Waals surface area contributed by atoms with Gasteiger partial charge in [0.2, 0.25) is 0 Å². The van der Waals surface area contributed by atoms with Crippen molar-refractivity contribution >= 4 is 35.8 Å². The van der Waals surface area contributed by atoms with E-state index in [0.29, 0.717) is 24.7 Å². The lowest BCUT2D eigenvalue weighted by Crippen LogP contribution is -2.42. The van der Waals surface area contributed by atoms with Gasteiger partial charge in [0, 0.05) is 31.2 Å². The smallest absolute Gasteiger partial charge is 0.251 e. The second kappa shape index (κ2) is 12.9. The van der Waals surface area contributed by atoms with Crippen LogP contribution in [0.25, 0.3) is 0 Å². The Morgan fingerprint density at radius 3 is 2.58 bits per heavy atom. The maximum absolute atomic E-state index is 12.0. The molecule has 0 bridgehead atoms. The molecule has 1 amide bonds. The van der Waals surface area contributed by atoms with E-state index in [1.807, 2.05) is 30.3 Å². The first kappa shape index (κ1) is 22.7. The molecule has 6 nitrogen and oxygen atoms in total. The first-order valence-electron chi connectivity index (χ1n) is 9.34. The van der Waals surface area contributed by atoms with Gasteiger partial charge in [-0.15, -0.1) is 24.0 Å². The number of benzene rings is 1. The maximum Gasteiger partial charge on any atom is 0.251 e. The van der Waals surface area contributed by atoms with E-state index in [0.717, 1.165) is 25.6 Å². The number of hydrogen-bond donors (Lipinski definition) is 3. The molecule has 3 N–H and O–H groups in total. The molecule has 1 unspecified atom stereocenters. The lowest BCUT2D eigenvalue weighted by atomic mass is 10.2. The molecule has 1 aromatic rings. The van der Waals surface area contributed by atoms with Crippen LogP contribution in [0, 0.1) is 0 Å². The fraction of sp³-hybridized carbons (Fsp3) is 0.579. The number of carbonyl (C=O) groups excluding carboxylic acids is 1. The molecule has 1 aliphatic rings. The van der Waals surface area contributed by atoms with Gasteiger partial charge in [-0.3, -0.25) is 14.7 Å². The summed E-state index contributed by atoms with van der Waals surface area (Å²) in [5, 5.41) is 9.47. The molecule has 0 radical (unpaired) electrons. The SMILES string of the molecule is CCNC(=NCC1CCCN1CC)NCCNC(=O)c1ccccc1.I. The summed E-state index contributed by atoms with van der Waals surface area (Å²) in [6.45, 7) is 9.39. The van der Waals surface area contributed by atoms with Crippen LogP contribution in [0.4, 0.5) is 0 Å². The van der Waals surface area contributed by atoms with Crippen LogP contribution in [0.5, 0.6) is 0 Å². The van der Waals surface area contributed by atoms with Gasteiger partial charge in [0.15, 0.2) is 5.96 Å². The topological polar surface area (TPSA) is 68.8 Å². The van der Waals surface area contributed by atoms with Gasteiger partial charge in [-0.2, -0.15) is 0 Å². The number of rotatable bonds is 8. The number of carbonyl (C=O) groups is 1. The monoisotopic (exact) mass is 473 g/mol. The lowest BCUT2D eigenvalue weighted by molar-refractivity contribution is 0.0954. The van der Waals surface area contributed by atoms with Crippen LogP contribution < -0.4 is 16.0 Å². The number of guanidine groups is 1. The Hall–Kier alpha value is -1.35. The molecule has 0 spiro atoms. The molecule has 1 heterocycles. The molecule has 1 aliphatic heterocycles. The molecule has 146 valence electrons. The van der Waals surface area contributed by atoms with Crippen LogP contribution in [-0.2, 0) is 0 Å².